The average Bonchev–Trinajstić information content (AvgIpc) is 2.56. The number of rotatable bonds is 7. The molecule has 0 bridgehead atoms. The Morgan fingerprint density at radius 3 is 3.04 bits per heavy atom. The van der Waals surface area contributed by atoms with Crippen LogP contribution in [-0.2, 0) is 16.1 Å². The van der Waals surface area contributed by atoms with Gasteiger partial charge in [0.15, 0.2) is 0 Å². The van der Waals surface area contributed by atoms with Crippen LogP contribution in [0.4, 0.5) is 4.39 Å². The summed E-state index contributed by atoms with van der Waals surface area (Å²) in [5.41, 5.74) is 0.484. The van der Waals surface area contributed by atoms with E-state index in [0.717, 1.165) is 19.4 Å². The lowest BCUT2D eigenvalue weighted by Crippen LogP contribution is -2.45. The van der Waals surface area contributed by atoms with Crippen LogP contribution in [0.1, 0.15) is 18.4 Å². The van der Waals surface area contributed by atoms with Crippen LogP contribution >= 0.6 is 0 Å². The molecule has 1 saturated heterocycles. The molecular formula is C17H25FN2O3. The first-order valence-electron chi connectivity index (χ1n) is 8.03. The number of carbonyl (C=O) groups is 1. The highest BCUT2D eigenvalue weighted by Crippen LogP contribution is 2.17. The van der Waals surface area contributed by atoms with Crippen LogP contribution in [0.3, 0.4) is 0 Å². The quantitative estimate of drug-likeness (QED) is 0.790. The molecule has 1 aromatic carbocycles. The van der Waals surface area contributed by atoms with Gasteiger partial charge < -0.3 is 15.2 Å². The van der Waals surface area contributed by atoms with Gasteiger partial charge >= 0.3 is 0 Å². The number of benzene rings is 1. The number of likely N-dealkylation sites (tertiary alicyclic amines) is 1. The van der Waals surface area contributed by atoms with Crippen molar-refractivity contribution in [1.82, 2.24) is 10.2 Å². The molecule has 0 spiro atoms. The fourth-order valence-corrected chi connectivity index (χ4v) is 2.91. The first-order valence-corrected chi connectivity index (χ1v) is 8.03. The number of carbonyl (C=O) groups excluding carboxylic acids is 1. The van der Waals surface area contributed by atoms with Crippen molar-refractivity contribution in [3.05, 3.63) is 35.6 Å². The van der Waals surface area contributed by atoms with Gasteiger partial charge in [-0.1, -0.05) is 18.2 Å². The number of hydrogen-bond donors (Lipinski definition) is 2. The third-order valence-electron chi connectivity index (χ3n) is 4.12. The zero-order valence-electron chi connectivity index (χ0n) is 13.5. The van der Waals surface area contributed by atoms with Crippen LogP contribution in [0.25, 0.3) is 0 Å². The van der Waals surface area contributed by atoms with E-state index in [1.807, 2.05) is 0 Å². The predicted octanol–water partition coefficient (Wildman–Crippen LogP) is 1.16. The number of amides is 1. The van der Waals surface area contributed by atoms with Crippen molar-refractivity contribution in [1.29, 1.82) is 0 Å². The van der Waals surface area contributed by atoms with Crippen molar-refractivity contribution in [2.24, 2.45) is 5.92 Å². The normalized spacial score (nSPS) is 20.2. The van der Waals surface area contributed by atoms with Crippen molar-refractivity contribution in [2.45, 2.75) is 25.6 Å². The van der Waals surface area contributed by atoms with Crippen molar-refractivity contribution < 1.29 is 19.0 Å². The van der Waals surface area contributed by atoms with Gasteiger partial charge in [-0.05, 0) is 25.5 Å². The number of β-amino-alcohol motifs (C(OH)–C–C–N with tert-alkyl or cyclic N) is 1. The predicted molar refractivity (Wildman–Crippen MR) is 85.3 cm³/mol. The minimum atomic E-state index is -0.648. The number of piperidine rings is 1. The molecule has 6 heteroatoms. The maximum absolute atomic E-state index is 13.5. The summed E-state index contributed by atoms with van der Waals surface area (Å²) in [5, 5.41) is 12.7. The van der Waals surface area contributed by atoms with Crippen LogP contribution in [0, 0.1) is 11.7 Å². The molecule has 1 aliphatic rings. The Hall–Kier alpha value is -1.50. The molecule has 1 aromatic rings. The highest BCUT2D eigenvalue weighted by molar-refractivity contribution is 5.78. The molecule has 1 heterocycles. The SMILES string of the molecule is CNC(=O)C1CCCN(CC(O)COCc2ccccc2F)C1. The summed E-state index contributed by atoms with van der Waals surface area (Å²) in [6.45, 7) is 2.28. The third kappa shape index (κ3) is 5.57. The number of nitrogens with zero attached hydrogens (tertiary/aromatic N) is 1. The largest absolute Gasteiger partial charge is 0.389 e. The Balaban J connectivity index is 1.71. The summed E-state index contributed by atoms with van der Waals surface area (Å²) in [6.07, 6.45) is 1.18. The lowest BCUT2D eigenvalue weighted by atomic mass is 9.97. The van der Waals surface area contributed by atoms with Crippen molar-refractivity contribution in [3.8, 4) is 0 Å². The van der Waals surface area contributed by atoms with Crippen LogP contribution < -0.4 is 5.32 Å². The highest BCUT2D eigenvalue weighted by atomic mass is 19.1. The van der Waals surface area contributed by atoms with Crippen molar-refractivity contribution >= 4 is 5.91 Å². The van der Waals surface area contributed by atoms with Gasteiger partial charge in [-0.25, -0.2) is 4.39 Å². The Morgan fingerprint density at radius 1 is 1.52 bits per heavy atom. The Kier molecular flexibility index (Phi) is 6.95. The highest BCUT2D eigenvalue weighted by Gasteiger charge is 2.26. The number of hydrogen-bond acceptors (Lipinski definition) is 4. The Morgan fingerprint density at radius 2 is 2.30 bits per heavy atom. The summed E-state index contributed by atoms with van der Waals surface area (Å²) >= 11 is 0. The van der Waals surface area contributed by atoms with Crippen LogP contribution in [0.15, 0.2) is 24.3 Å². The van der Waals surface area contributed by atoms with E-state index in [9.17, 15) is 14.3 Å². The van der Waals surface area contributed by atoms with Crippen LogP contribution in [-0.4, -0.2) is 55.3 Å². The lowest BCUT2D eigenvalue weighted by Gasteiger charge is -2.32. The topological polar surface area (TPSA) is 61.8 Å². The van der Waals surface area contributed by atoms with Gasteiger partial charge in [-0.15, -0.1) is 0 Å². The molecule has 1 fully saturated rings. The molecule has 5 nitrogen and oxygen atoms in total. The number of ether oxygens (including phenoxy) is 1. The second-order valence-corrected chi connectivity index (χ2v) is 5.97. The minimum Gasteiger partial charge on any atom is -0.389 e. The molecule has 2 N–H and O–H groups in total. The van der Waals surface area contributed by atoms with Gasteiger partial charge in [0.2, 0.25) is 5.91 Å². The second kappa shape index (κ2) is 8.96. The molecule has 1 amide bonds. The number of nitrogens with one attached hydrogen (secondary N) is 1. The number of halogens is 1. The number of aliphatic hydroxyl groups is 1. The maximum Gasteiger partial charge on any atom is 0.224 e. The summed E-state index contributed by atoms with van der Waals surface area (Å²) in [7, 11) is 1.65. The van der Waals surface area contributed by atoms with E-state index in [0.29, 0.717) is 18.7 Å². The molecule has 0 aliphatic carbocycles. The van der Waals surface area contributed by atoms with E-state index >= 15 is 0 Å². The maximum atomic E-state index is 13.5. The molecule has 0 aromatic heterocycles. The van der Waals surface area contributed by atoms with E-state index < -0.39 is 6.10 Å². The van der Waals surface area contributed by atoms with Gasteiger partial charge in [-0.3, -0.25) is 9.69 Å². The van der Waals surface area contributed by atoms with Gasteiger partial charge in [0.1, 0.15) is 5.82 Å². The van der Waals surface area contributed by atoms with Crippen LogP contribution in [0.2, 0.25) is 0 Å². The molecule has 23 heavy (non-hydrogen) atoms. The first kappa shape index (κ1) is 17.8. The summed E-state index contributed by atoms with van der Waals surface area (Å²) < 4.78 is 18.9. The van der Waals surface area contributed by atoms with Gasteiger partial charge in [-0.2, -0.15) is 0 Å². The Bertz CT molecular complexity index is 512. The van der Waals surface area contributed by atoms with Gasteiger partial charge in [0.05, 0.1) is 25.2 Å². The third-order valence-corrected chi connectivity index (χ3v) is 4.12. The summed E-state index contributed by atoms with van der Waals surface area (Å²) in [6, 6.07) is 6.44. The molecule has 0 radical (unpaired) electrons. The Labute approximate surface area is 136 Å². The average molecular weight is 324 g/mol. The van der Waals surface area contributed by atoms with E-state index in [2.05, 4.69) is 10.2 Å². The number of aliphatic hydroxyl groups excluding tert-OH is 1. The zero-order valence-corrected chi connectivity index (χ0v) is 13.5. The van der Waals surface area contributed by atoms with E-state index in [1.165, 1.54) is 6.07 Å². The minimum absolute atomic E-state index is 0.0136. The fourth-order valence-electron chi connectivity index (χ4n) is 2.91. The van der Waals surface area contributed by atoms with E-state index in [-0.39, 0.29) is 30.9 Å². The monoisotopic (exact) mass is 324 g/mol. The molecule has 0 saturated carbocycles. The smallest absolute Gasteiger partial charge is 0.224 e. The molecule has 2 unspecified atom stereocenters. The molecule has 1 aliphatic heterocycles. The zero-order chi connectivity index (χ0) is 16.7. The standard InChI is InChI=1S/C17H25FN2O3/c1-19-17(22)13-6-4-8-20(9-13)10-15(21)12-23-11-14-5-2-3-7-16(14)18/h2-3,5,7,13,15,21H,4,6,8-12H2,1H3,(H,19,22). The lowest BCUT2D eigenvalue weighted by molar-refractivity contribution is -0.126. The van der Waals surface area contributed by atoms with E-state index in [1.54, 1.807) is 25.2 Å². The van der Waals surface area contributed by atoms with Crippen LogP contribution in [0.5, 0.6) is 0 Å². The van der Waals surface area contributed by atoms with Crippen molar-refractivity contribution in [2.75, 3.05) is 33.3 Å². The van der Waals surface area contributed by atoms with E-state index in [4.69, 9.17) is 4.74 Å². The molecular weight excluding hydrogens is 299 g/mol. The summed E-state index contributed by atoms with van der Waals surface area (Å²) in [5.74, 6) is -0.258. The first-order chi connectivity index (χ1) is 11.1. The fraction of sp³-hybridized carbons (Fsp3) is 0.588. The molecule has 128 valence electrons. The summed E-state index contributed by atoms with van der Waals surface area (Å²) in [4.78, 5) is 13.8. The van der Waals surface area contributed by atoms with Gasteiger partial charge in [0.25, 0.3) is 0 Å². The van der Waals surface area contributed by atoms with Gasteiger partial charge in [0, 0.05) is 25.7 Å². The second-order valence-electron chi connectivity index (χ2n) is 5.97. The van der Waals surface area contributed by atoms with Crippen molar-refractivity contribution in [3.63, 3.8) is 0 Å². The molecule has 2 atom stereocenters. The molecule has 2 rings (SSSR count).